The van der Waals surface area contributed by atoms with Gasteiger partial charge in [0.25, 0.3) is 0 Å². The lowest BCUT2D eigenvalue weighted by Crippen LogP contribution is -2.38. The van der Waals surface area contributed by atoms with Crippen LogP contribution in [0.25, 0.3) is 5.69 Å². The number of aromatic nitrogens is 2. The van der Waals surface area contributed by atoms with Gasteiger partial charge in [0.2, 0.25) is 11.8 Å². The molecule has 0 saturated carbocycles. The molecule has 6 heteroatoms. The van der Waals surface area contributed by atoms with Crippen molar-refractivity contribution in [2.75, 3.05) is 6.54 Å². The number of imidazole rings is 1. The molecule has 2 N–H and O–H groups in total. The van der Waals surface area contributed by atoms with Gasteiger partial charge in [0.05, 0.1) is 25.3 Å². The van der Waals surface area contributed by atoms with E-state index in [2.05, 4.69) is 15.6 Å². The lowest BCUT2D eigenvalue weighted by molar-refractivity contribution is -0.126. The van der Waals surface area contributed by atoms with Crippen molar-refractivity contribution in [3.8, 4) is 5.69 Å². The highest BCUT2D eigenvalue weighted by Gasteiger charge is 2.11. The lowest BCUT2D eigenvalue weighted by Gasteiger charge is -2.15. The fourth-order valence-electron chi connectivity index (χ4n) is 2.75. The zero-order valence-corrected chi connectivity index (χ0v) is 15.1. The molecule has 138 valence electrons. The van der Waals surface area contributed by atoms with Gasteiger partial charge >= 0.3 is 0 Å². The van der Waals surface area contributed by atoms with Crippen molar-refractivity contribution in [3.05, 3.63) is 84.4 Å². The van der Waals surface area contributed by atoms with Gasteiger partial charge in [-0.05, 0) is 30.2 Å². The average Bonchev–Trinajstić information content (AvgIpc) is 3.22. The second kappa shape index (κ2) is 8.80. The number of carbonyl (C=O) groups is 2. The van der Waals surface area contributed by atoms with Crippen LogP contribution in [0.1, 0.15) is 24.1 Å². The molecule has 1 aromatic heterocycles. The Bertz CT molecular complexity index is 874. The zero-order chi connectivity index (χ0) is 19.1. The van der Waals surface area contributed by atoms with Crippen molar-refractivity contribution in [2.45, 2.75) is 19.4 Å². The van der Waals surface area contributed by atoms with Crippen LogP contribution in [0.2, 0.25) is 0 Å². The molecule has 6 nitrogen and oxygen atoms in total. The minimum Gasteiger partial charge on any atom is -0.348 e. The van der Waals surface area contributed by atoms with Gasteiger partial charge in [0.1, 0.15) is 0 Å². The number of nitrogens with one attached hydrogen (secondary N) is 2. The van der Waals surface area contributed by atoms with E-state index in [0.29, 0.717) is 0 Å². The Hall–Kier alpha value is -3.41. The maximum atomic E-state index is 12.1. The fraction of sp³-hybridized carbons (Fsp3) is 0.190. The third-order valence-electron chi connectivity index (χ3n) is 4.23. The molecule has 3 rings (SSSR count). The van der Waals surface area contributed by atoms with Crippen molar-refractivity contribution in [1.82, 2.24) is 20.2 Å². The summed E-state index contributed by atoms with van der Waals surface area (Å²) in [5.41, 5.74) is 2.91. The van der Waals surface area contributed by atoms with Crippen molar-refractivity contribution in [2.24, 2.45) is 0 Å². The molecule has 1 heterocycles. The molecule has 1 unspecified atom stereocenters. The number of amides is 2. The highest BCUT2D eigenvalue weighted by Crippen LogP contribution is 2.15. The first-order chi connectivity index (χ1) is 13.1. The molecule has 0 radical (unpaired) electrons. The molecule has 0 fully saturated rings. The van der Waals surface area contributed by atoms with Crippen LogP contribution in [0, 0.1) is 0 Å². The van der Waals surface area contributed by atoms with Crippen molar-refractivity contribution >= 4 is 11.8 Å². The van der Waals surface area contributed by atoms with Gasteiger partial charge in [-0.1, -0.05) is 42.5 Å². The Morgan fingerprint density at radius 3 is 2.44 bits per heavy atom. The molecule has 0 aliphatic heterocycles. The van der Waals surface area contributed by atoms with Crippen LogP contribution in [-0.4, -0.2) is 27.9 Å². The minimum absolute atomic E-state index is 0.0386. The molecule has 0 aliphatic carbocycles. The third kappa shape index (κ3) is 5.28. The Morgan fingerprint density at radius 2 is 1.78 bits per heavy atom. The lowest BCUT2D eigenvalue weighted by atomic mass is 10.1. The first-order valence-electron chi connectivity index (χ1n) is 8.80. The summed E-state index contributed by atoms with van der Waals surface area (Å²) in [6, 6.07) is 17.2. The summed E-state index contributed by atoms with van der Waals surface area (Å²) in [5.74, 6) is -0.392. The van der Waals surface area contributed by atoms with Crippen molar-refractivity contribution < 1.29 is 9.59 Å². The van der Waals surface area contributed by atoms with Gasteiger partial charge in [-0.3, -0.25) is 9.59 Å². The van der Waals surface area contributed by atoms with Gasteiger partial charge < -0.3 is 15.2 Å². The van der Waals surface area contributed by atoms with Crippen LogP contribution in [-0.2, 0) is 16.0 Å². The van der Waals surface area contributed by atoms with Crippen LogP contribution in [0.3, 0.4) is 0 Å². The predicted molar refractivity (Wildman–Crippen MR) is 103 cm³/mol. The molecule has 2 aromatic carbocycles. The van der Waals surface area contributed by atoms with E-state index in [0.717, 1.165) is 16.8 Å². The van der Waals surface area contributed by atoms with Crippen LogP contribution in [0.15, 0.2) is 73.3 Å². The maximum absolute atomic E-state index is 12.1. The maximum Gasteiger partial charge on any atom is 0.239 e. The Kier molecular flexibility index (Phi) is 5.99. The van der Waals surface area contributed by atoms with Gasteiger partial charge in [-0.2, -0.15) is 0 Å². The summed E-state index contributed by atoms with van der Waals surface area (Å²) < 4.78 is 1.91. The fourth-order valence-corrected chi connectivity index (χ4v) is 2.75. The number of hydrogen-bond acceptors (Lipinski definition) is 3. The molecule has 0 bridgehead atoms. The third-order valence-corrected chi connectivity index (χ3v) is 4.23. The van der Waals surface area contributed by atoms with E-state index >= 15 is 0 Å². The topological polar surface area (TPSA) is 76.0 Å². The molecule has 2 amide bonds. The molecular formula is C21H22N4O2. The molecule has 3 aromatic rings. The summed E-state index contributed by atoms with van der Waals surface area (Å²) in [4.78, 5) is 28.1. The monoisotopic (exact) mass is 362 g/mol. The molecule has 1 atom stereocenters. The van der Waals surface area contributed by atoms with E-state index < -0.39 is 0 Å². The zero-order valence-electron chi connectivity index (χ0n) is 15.1. The number of nitrogens with zero attached hydrogens (tertiary/aromatic N) is 2. The molecule has 0 saturated heterocycles. The van der Waals surface area contributed by atoms with E-state index in [-0.39, 0.29) is 30.8 Å². The number of carbonyl (C=O) groups excluding carboxylic acids is 2. The quantitative estimate of drug-likeness (QED) is 0.678. The van der Waals surface area contributed by atoms with Crippen molar-refractivity contribution in [3.63, 3.8) is 0 Å². The van der Waals surface area contributed by atoms with Gasteiger partial charge in [0, 0.05) is 18.1 Å². The molecular weight excluding hydrogens is 340 g/mol. The second-order valence-corrected chi connectivity index (χ2v) is 6.29. The summed E-state index contributed by atoms with van der Waals surface area (Å²) >= 11 is 0. The van der Waals surface area contributed by atoms with E-state index in [1.165, 1.54) is 0 Å². The largest absolute Gasteiger partial charge is 0.348 e. The van der Waals surface area contributed by atoms with Crippen LogP contribution in [0.5, 0.6) is 0 Å². The van der Waals surface area contributed by atoms with Crippen molar-refractivity contribution in [1.29, 1.82) is 0 Å². The molecule has 0 aliphatic rings. The summed E-state index contributed by atoms with van der Waals surface area (Å²) in [7, 11) is 0. The predicted octanol–water partition coefficient (Wildman–Crippen LogP) is 2.41. The average molecular weight is 362 g/mol. The first-order valence-corrected chi connectivity index (χ1v) is 8.80. The summed E-state index contributed by atoms with van der Waals surface area (Å²) in [6.45, 7) is 1.87. The number of benzene rings is 2. The Balaban J connectivity index is 1.46. The van der Waals surface area contributed by atoms with E-state index in [4.69, 9.17) is 0 Å². The SMILES string of the molecule is CC(NC(=O)CNC(=O)Cc1ccccc1)c1ccc(-n2ccnc2)cc1. The van der Waals surface area contributed by atoms with Crippen LogP contribution < -0.4 is 10.6 Å². The summed E-state index contributed by atoms with van der Waals surface area (Å²) in [5, 5.41) is 5.55. The molecule has 0 spiro atoms. The van der Waals surface area contributed by atoms with E-state index in [1.54, 1.807) is 12.5 Å². The second-order valence-electron chi connectivity index (χ2n) is 6.29. The summed E-state index contributed by atoms with van der Waals surface area (Å²) in [6.07, 6.45) is 5.60. The van der Waals surface area contributed by atoms with Gasteiger partial charge in [-0.15, -0.1) is 0 Å². The highest BCUT2D eigenvalue weighted by molar-refractivity contribution is 5.85. The smallest absolute Gasteiger partial charge is 0.239 e. The van der Waals surface area contributed by atoms with Gasteiger partial charge in [0.15, 0.2) is 0 Å². The number of hydrogen-bond donors (Lipinski definition) is 2. The molecule has 27 heavy (non-hydrogen) atoms. The minimum atomic E-state index is -0.220. The number of rotatable bonds is 7. The standard InChI is InChI=1S/C21H22N4O2/c1-16(18-7-9-19(10-8-18)25-12-11-22-15-25)24-21(27)14-23-20(26)13-17-5-3-2-4-6-17/h2-12,15-16H,13-14H2,1H3,(H,23,26)(H,24,27). The normalized spacial score (nSPS) is 11.6. The first kappa shape index (κ1) is 18.4. The Morgan fingerprint density at radius 1 is 1.04 bits per heavy atom. The highest BCUT2D eigenvalue weighted by atomic mass is 16.2. The van der Waals surface area contributed by atoms with E-state index in [1.807, 2.05) is 72.3 Å². The Labute approximate surface area is 158 Å². The van der Waals surface area contributed by atoms with Crippen LogP contribution >= 0.6 is 0 Å². The van der Waals surface area contributed by atoms with Gasteiger partial charge in [-0.25, -0.2) is 4.98 Å². The van der Waals surface area contributed by atoms with E-state index in [9.17, 15) is 9.59 Å². The van der Waals surface area contributed by atoms with Crippen LogP contribution in [0.4, 0.5) is 0 Å².